The number of aromatic nitrogens is 2. The number of anilines is 1. The lowest BCUT2D eigenvalue weighted by Crippen LogP contribution is -2.17. The van der Waals surface area contributed by atoms with Crippen LogP contribution in [0.2, 0.25) is 0 Å². The molecule has 0 radical (unpaired) electrons. The minimum Gasteiger partial charge on any atom is -0.497 e. The molecular formula is C15H23N3O. The summed E-state index contributed by atoms with van der Waals surface area (Å²) in [7, 11) is 1.66. The Morgan fingerprint density at radius 2 is 2.00 bits per heavy atom. The van der Waals surface area contributed by atoms with Gasteiger partial charge in [0.15, 0.2) is 0 Å². The average Bonchev–Trinajstić information content (AvgIpc) is 2.74. The van der Waals surface area contributed by atoms with Crippen molar-refractivity contribution in [3.05, 3.63) is 18.2 Å². The van der Waals surface area contributed by atoms with Crippen LogP contribution in [0.4, 0.5) is 5.95 Å². The van der Waals surface area contributed by atoms with E-state index >= 15 is 0 Å². The van der Waals surface area contributed by atoms with E-state index in [9.17, 15) is 0 Å². The summed E-state index contributed by atoms with van der Waals surface area (Å²) in [6.07, 6.45) is 2.29. The number of nitrogen functional groups attached to an aromatic ring is 1. The van der Waals surface area contributed by atoms with Crippen molar-refractivity contribution in [3.8, 4) is 5.75 Å². The van der Waals surface area contributed by atoms with Gasteiger partial charge >= 0.3 is 0 Å². The van der Waals surface area contributed by atoms with Crippen LogP contribution in [-0.2, 0) is 0 Å². The van der Waals surface area contributed by atoms with E-state index in [0.717, 1.165) is 29.6 Å². The molecule has 0 aliphatic carbocycles. The molecular weight excluding hydrogens is 238 g/mol. The third-order valence-electron chi connectivity index (χ3n) is 4.06. The van der Waals surface area contributed by atoms with Crippen molar-refractivity contribution in [2.45, 2.75) is 39.7 Å². The average molecular weight is 261 g/mol. The Labute approximate surface area is 114 Å². The van der Waals surface area contributed by atoms with Crippen molar-refractivity contribution in [2.24, 2.45) is 5.92 Å². The van der Waals surface area contributed by atoms with Crippen LogP contribution in [0, 0.1) is 5.92 Å². The van der Waals surface area contributed by atoms with Gasteiger partial charge in [-0.05, 0) is 25.0 Å². The van der Waals surface area contributed by atoms with Gasteiger partial charge in [0.1, 0.15) is 5.75 Å². The first-order chi connectivity index (χ1) is 9.12. The van der Waals surface area contributed by atoms with Crippen LogP contribution in [0.3, 0.4) is 0 Å². The van der Waals surface area contributed by atoms with Crippen molar-refractivity contribution >= 4 is 17.0 Å². The highest BCUT2D eigenvalue weighted by atomic mass is 16.5. The number of ether oxygens (including phenoxy) is 1. The van der Waals surface area contributed by atoms with E-state index < -0.39 is 0 Å². The van der Waals surface area contributed by atoms with E-state index in [0.29, 0.717) is 17.9 Å². The van der Waals surface area contributed by atoms with Crippen LogP contribution in [0.15, 0.2) is 18.2 Å². The summed E-state index contributed by atoms with van der Waals surface area (Å²) >= 11 is 0. The van der Waals surface area contributed by atoms with Gasteiger partial charge in [-0.25, -0.2) is 4.98 Å². The zero-order chi connectivity index (χ0) is 14.0. The molecule has 0 saturated carbocycles. The Morgan fingerprint density at radius 3 is 2.58 bits per heavy atom. The number of hydrogen-bond donors (Lipinski definition) is 1. The number of hydrogen-bond acceptors (Lipinski definition) is 3. The van der Waals surface area contributed by atoms with Gasteiger partial charge in [0.2, 0.25) is 5.95 Å². The normalized spacial score (nSPS) is 13.1. The van der Waals surface area contributed by atoms with Gasteiger partial charge in [-0.15, -0.1) is 0 Å². The van der Waals surface area contributed by atoms with Gasteiger partial charge in [-0.3, -0.25) is 0 Å². The van der Waals surface area contributed by atoms with Crippen molar-refractivity contribution in [3.63, 3.8) is 0 Å². The largest absolute Gasteiger partial charge is 0.497 e. The zero-order valence-electron chi connectivity index (χ0n) is 12.2. The minimum atomic E-state index is 0.355. The molecule has 2 N–H and O–H groups in total. The number of rotatable bonds is 5. The van der Waals surface area contributed by atoms with Gasteiger partial charge in [0.05, 0.1) is 18.1 Å². The summed E-state index contributed by atoms with van der Waals surface area (Å²) < 4.78 is 7.38. The number of nitrogens with two attached hydrogens (primary N) is 1. The Morgan fingerprint density at radius 1 is 1.32 bits per heavy atom. The van der Waals surface area contributed by atoms with Crippen LogP contribution >= 0.6 is 0 Å². The number of benzene rings is 1. The topological polar surface area (TPSA) is 53.1 Å². The predicted molar refractivity (Wildman–Crippen MR) is 79.5 cm³/mol. The monoisotopic (exact) mass is 261 g/mol. The first-order valence-electron chi connectivity index (χ1n) is 6.93. The molecule has 1 heterocycles. The third-order valence-corrected chi connectivity index (χ3v) is 4.06. The summed E-state index contributed by atoms with van der Waals surface area (Å²) in [6.45, 7) is 6.67. The molecule has 1 unspecified atom stereocenters. The van der Waals surface area contributed by atoms with Crippen LogP contribution in [0.25, 0.3) is 11.0 Å². The van der Waals surface area contributed by atoms with Crippen LogP contribution in [0.1, 0.15) is 39.7 Å². The van der Waals surface area contributed by atoms with Crippen LogP contribution in [0.5, 0.6) is 5.75 Å². The maximum Gasteiger partial charge on any atom is 0.201 e. The highest BCUT2D eigenvalue weighted by Crippen LogP contribution is 2.31. The molecule has 0 fully saturated rings. The second-order valence-electron chi connectivity index (χ2n) is 5.01. The number of methoxy groups -OCH3 is 1. The molecule has 0 bridgehead atoms. The van der Waals surface area contributed by atoms with E-state index in [1.165, 1.54) is 0 Å². The van der Waals surface area contributed by atoms with Crippen molar-refractivity contribution in [1.82, 2.24) is 9.55 Å². The molecule has 4 nitrogen and oxygen atoms in total. The zero-order valence-corrected chi connectivity index (χ0v) is 12.2. The fourth-order valence-corrected chi connectivity index (χ4v) is 2.83. The highest BCUT2D eigenvalue weighted by molar-refractivity contribution is 5.80. The predicted octanol–water partition coefficient (Wildman–Crippen LogP) is 3.62. The maximum absolute atomic E-state index is 6.10. The van der Waals surface area contributed by atoms with Gasteiger partial charge in [0.25, 0.3) is 0 Å². The first-order valence-corrected chi connectivity index (χ1v) is 6.93. The summed E-state index contributed by atoms with van der Waals surface area (Å²) in [5.41, 5.74) is 8.08. The Bertz CT molecular complexity index is 558. The molecule has 19 heavy (non-hydrogen) atoms. The van der Waals surface area contributed by atoms with Crippen LogP contribution in [-0.4, -0.2) is 16.7 Å². The van der Waals surface area contributed by atoms with Crippen LogP contribution < -0.4 is 10.5 Å². The summed E-state index contributed by atoms with van der Waals surface area (Å²) in [4.78, 5) is 4.45. The number of imidazole rings is 1. The summed E-state index contributed by atoms with van der Waals surface area (Å²) in [6, 6.07) is 6.28. The number of fused-ring (bicyclic) bond motifs is 1. The molecule has 0 spiro atoms. The Hall–Kier alpha value is -1.71. The molecule has 1 aromatic carbocycles. The van der Waals surface area contributed by atoms with E-state index in [-0.39, 0.29) is 0 Å². The minimum absolute atomic E-state index is 0.355. The SMILES string of the molecule is CCC(CC)C(C)n1c(N)nc2cc(OC)ccc21. The van der Waals surface area contributed by atoms with E-state index in [4.69, 9.17) is 10.5 Å². The van der Waals surface area contributed by atoms with Gasteiger partial charge in [0, 0.05) is 12.1 Å². The summed E-state index contributed by atoms with van der Waals surface area (Å²) in [5, 5.41) is 0. The molecule has 4 heteroatoms. The molecule has 2 aromatic rings. The van der Waals surface area contributed by atoms with Gasteiger partial charge < -0.3 is 15.0 Å². The van der Waals surface area contributed by atoms with E-state index in [1.54, 1.807) is 7.11 Å². The molecule has 104 valence electrons. The fourth-order valence-electron chi connectivity index (χ4n) is 2.83. The second kappa shape index (κ2) is 5.51. The fraction of sp³-hybridized carbons (Fsp3) is 0.533. The molecule has 0 aliphatic rings. The van der Waals surface area contributed by atoms with Crippen molar-refractivity contribution < 1.29 is 4.74 Å². The van der Waals surface area contributed by atoms with Crippen molar-refractivity contribution in [1.29, 1.82) is 0 Å². The first kappa shape index (κ1) is 13.7. The molecule has 1 atom stereocenters. The Balaban J connectivity index is 2.51. The highest BCUT2D eigenvalue weighted by Gasteiger charge is 2.20. The molecule has 2 rings (SSSR count). The van der Waals surface area contributed by atoms with E-state index in [2.05, 4.69) is 30.3 Å². The van der Waals surface area contributed by atoms with E-state index in [1.807, 2.05) is 18.2 Å². The second-order valence-corrected chi connectivity index (χ2v) is 5.01. The molecule has 0 aliphatic heterocycles. The lowest BCUT2D eigenvalue weighted by molar-refractivity contribution is 0.342. The maximum atomic E-state index is 6.10. The molecule has 0 amide bonds. The lowest BCUT2D eigenvalue weighted by Gasteiger charge is -2.24. The molecule has 0 saturated heterocycles. The smallest absolute Gasteiger partial charge is 0.201 e. The molecule has 1 aromatic heterocycles. The lowest BCUT2D eigenvalue weighted by atomic mass is 9.95. The number of nitrogens with zero attached hydrogens (tertiary/aromatic N) is 2. The third kappa shape index (κ3) is 2.39. The quantitative estimate of drug-likeness (QED) is 0.894. The van der Waals surface area contributed by atoms with Crippen molar-refractivity contribution in [2.75, 3.05) is 12.8 Å². The Kier molecular flexibility index (Phi) is 3.98. The van der Waals surface area contributed by atoms with Gasteiger partial charge in [-0.1, -0.05) is 26.7 Å². The van der Waals surface area contributed by atoms with Gasteiger partial charge in [-0.2, -0.15) is 0 Å². The summed E-state index contributed by atoms with van der Waals surface area (Å²) in [5.74, 6) is 2.01. The standard InChI is InChI=1S/C15H23N3O/c1-5-11(6-2)10(3)18-14-8-7-12(19-4)9-13(14)17-15(18)16/h7-11H,5-6H2,1-4H3,(H2,16,17).